The second-order valence-corrected chi connectivity index (χ2v) is 8.99. The number of anilines is 2. The second kappa shape index (κ2) is 8.13. The average Bonchev–Trinajstić information content (AvgIpc) is 3.41. The third-order valence-corrected chi connectivity index (χ3v) is 6.57. The number of carbonyl (C=O) groups excluding carboxylic acids is 1. The van der Waals surface area contributed by atoms with Crippen molar-refractivity contribution in [1.29, 1.82) is 0 Å². The largest absolute Gasteiger partial charge is 0.455 e. The second-order valence-electron chi connectivity index (χ2n) is 7.00. The summed E-state index contributed by atoms with van der Waals surface area (Å²) in [6.07, 6.45) is 2.28. The summed E-state index contributed by atoms with van der Waals surface area (Å²) in [7, 11) is -3.53. The van der Waals surface area contributed by atoms with Crippen LogP contribution < -0.4 is 10.2 Å². The molecule has 1 aliphatic rings. The Morgan fingerprint density at radius 3 is 2.38 bits per heavy atom. The van der Waals surface area contributed by atoms with Gasteiger partial charge in [-0.15, -0.1) is 0 Å². The topological polar surface area (TPSA) is 79.6 Å². The fourth-order valence-electron chi connectivity index (χ4n) is 3.47. The van der Waals surface area contributed by atoms with E-state index in [1.165, 1.54) is 12.1 Å². The van der Waals surface area contributed by atoms with Gasteiger partial charge in [-0.3, -0.25) is 4.79 Å². The molecule has 2 heterocycles. The van der Waals surface area contributed by atoms with E-state index in [2.05, 4.69) is 10.2 Å². The first kappa shape index (κ1) is 19.3. The summed E-state index contributed by atoms with van der Waals surface area (Å²) in [5.41, 5.74) is 1.70. The monoisotopic (exact) mass is 410 g/mol. The number of carbonyl (C=O) groups is 1. The standard InChI is InChI=1S/C22H22N2O4S/c25-22(23-19-10-4-5-11-20(19)24-14-6-7-15-24)21-13-12-17(28-21)16-29(26,27)18-8-2-1-3-9-18/h1-5,8-13H,6-7,14-16H2,(H,23,25). The lowest BCUT2D eigenvalue weighted by Crippen LogP contribution is -2.21. The van der Waals surface area contributed by atoms with Crippen LogP contribution in [-0.4, -0.2) is 27.4 Å². The minimum Gasteiger partial charge on any atom is -0.455 e. The minimum atomic E-state index is -3.53. The summed E-state index contributed by atoms with van der Waals surface area (Å²) in [5, 5.41) is 2.89. The lowest BCUT2D eigenvalue weighted by Gasteiger charge is -2.21. The first-order chi connectivity index (χ1) is 14.0. The number of furan rings is 1. The van der Waals surface area contributed by atoms with E-state index in [9.17, 15) is 13.2 Å². The van der Waals surface area contributed by atoms with Gasteiger partial charge < -0.3 is 14.6 Å². The van der Waals surface area contributed by atoms with Crippen LogP contribution >= 0.6 is 0 Å². The first-order valence-corrected chi connectivity index (χ1v) is 11.2. The summed E-state index contributed by atoms with van der Waals surface area (Å²) in [6.45, 7) is 1.93. The van der Waals surface area contributed by atoms with Crippen molar-refractivity contribution >= 4 is 27.1 Å². The number of rotatable bonds is 6. The summed E-state index contributed by atoms with van der Waals surface area (Å²) in [5.74, 6) is -0.388. The molecule has 0 saturated carbocycles. The Bertz CT molecular complexity index is 1100. The van der Waals surface area contributed by atoms with Crippen molar-refractivity contribution in [2.45, 2.75) is 23.5 Å². The maximum absolute atomic E-state index is 12.7. The molecule has 0 aliphatic carbocycles. The Kier molecular flexibility index (Phi) is 5.40. The molecular formula is C22H22N2O4S. The molecule has 7 heteroatoms. The Labute approximate surface area is 170 Å². The van der Waals surface area contributed by atoms with E-state index in [0.717, 1.165) is 31.6 Å². The van der Waals surface area contributed by atoms with Crippen LogP contribution in [0.5, 0.6) is 0 Å². The molecule has 1 N–H and O–H groups in total. The van der Waals surface area contributed by atoms with Crippen molar-refractivity contribution in [2.75, 3.05) is 23.3 Å². The van der Waals surface area contributed by atoms with Gasteiger partial charge in [0.15, 0.2) is 15.6 Å². The lowest BCUT2D eigenvalue weighted by molar-refractivity contribution is 0.0995. The molecule has 1 fully saturated rings. The van der Waals surface area contributed by atoms with Gasteiger partial charge in [-0.05, 0) is 49.2 Å². The molecule has 1 aliphatic heterocycles. The Balaban J connectivity index is 1.48. The normalized spacial score (nSPS) is 14.1. The van der Waals surface area contributed by atoms with Gasteiger partial charge in [-0.25, -0.2) is 8.42 Å². The van der Waals surface area contributed by atoms with Crippen molar-refractivity contribution in [3.8, 4) is 0 Å². The molecule has 1 saturated heterocycles. The molecule has 1 aromatic heterocycles. The van der Waals surface area contributed by atoms with Crippen LogP contribution in [0.2, 0.25) is 0 Å². The fourth-order valence-corrected chi connectivity index (χ4v) is 4.74. The molecule has 0 radical (unpaired) electrons. The molecule has 1 amide bonds. The smallest absolute Gasteiger partial charge is 0.291 e. The van der Waals surface area contributed by atoms with Gasteiger partial charge in [0.25, 0.3) is 5.91 Å². The van der Waals surface area contributed by atoms with Crippen molar-refractivity contribution in [1.82, 2.24) is 0 Å². The molecule has 4 rings (SSSR count). The summed E-state index contributed by atoms with van der Waals surface area (Å²) in [4.78, 5) is 15.1. The number of hydrogen-bond acceptors (Lipinski definition) is 5. The number of hydrogen-bond donors (Lipinski definition) is 1. The molecule has 0 unspecified atom stereocenters. The van der Waals surface area contributed by atoms with Gasteiger partial charge in [-0.1, -0.05) is 30.3 Å². The van der Waals surface area contributed by atoms with Gasteiger partial charge >= 0.3 is 0 Å². The van der Waals surface area contributed by atoms with Crippen LogP contribution in [0.15, 0.2) is 76.0 Å². The number of nitrogens with one attached hydrogen (secondary N) is 1. The van der Waals surface area contributed by atoms with E-state index >= 15 is 0 Å². The number of para-hydroxylation sites is 2. The highest BCUT2D eigenvalue weighted by Gasteiger charge is 2.21. The summed E-state index contributed by atoms with van der Waals surface area (Å²) in [6, 6.07) is 18.9. The van der Waals surface area contributed by atoms with E-state index in [1.807, 2.05) is 24.3 Å². The van der Waals surface area contributed by atoms with Crippen LogP contribution in [0.4, 0.5) is 11.4 Å². The number of nitrogens with zero attached hydrogens (tertiary/aromatic N) is 1. The van der Waals surface area contributed by atoms with Crippen LogP contribution in [0.3, 0.4) is 0 Å². The summed E-state index contributed by atoms with van der Waals surface area (Å²) < 4.78 is 30.5. The number of sulfone groups is 1. The minimum absolute atomic E-state index is 0.0829. The zero-order valence-electron chi connectivity index (χ0n) is 15.9. The van der Waals surface area contributed by atoms with Gasteiger partial charge in [0.1, 0.15) is 11.5 Å². The van der Waals surface area contributed by atoms with Crippen LogP contribution in [-0.2, 0) is 15.6 Å². The Morgan fingerprint density at radius 2 is 1.62 bits per heavy atom. The fraction of sp³-hybridized carbons (Fsp3) is 0.227. The van der Waals surface area contributed by atoms with Gasteiger partial charge in [0.2, 0.25) is 0 Å². The van der Waals surface area contributed by atoms with E-state index in [-0.39, 0.29) is 22.2 Å². The van der Waals surface area contributed by atoms with Gasteiger partial charge in [-0.2, -0.15) is 0 Å². The number of amides is 1. The van der Waals surface area contributed by atoms with Crippen LogP contribution in [0, 0.1) is 0 Å². The van der Waals surface area contributed by atoms with Crippen LogP contribution in [0.1, 0.15) is 29.2 Å². The van der Waals surface area contributed by atoms with E-state index in [0.29, 0.717) is 5.69 Å². The highest BCUT2D eigenvalue weighted by Crippen LogP contribution is 2.29. The molecule has 0 spiro atoms. The van der Waals surface area contributed by atoms with E-state index < -0.39 is 15.7 Å². The Hall–Kier alpha value is -3.06. The average molecular weight is 410 g/mol. The predicted molar refractivity (Wildman–Crippen MR) is 112 cm³/mol. The SMILES string of the molecule is O=C(Nc1ccccc1N1CCCC1)c1ccc(CS(=O)(=O)c2ccccc2)o1. The van der Waals surface area contributed by atoms with Gasteiger partial charge in [0.05, 0.1) is 16.3 Å². The molecule has 29 heavy (non-hydrogen) atoms. The zero-order chi connectivity index (χ0) is 20.3. The maximum Gasteiger partial charge on any atom is 0.291 e. The molecular weight excluding hydrogens is 388 g/mol. The van der Waals surface area contributed by atoms with Gasteiger partial charge in [0, 0.05) is 13.1 Å². The summed E-state index contributed by atoms with van der Waals surface area (Å²) >= 11 is 0. The highest BCUT2D eigenvalue weighted by atomic mass is 32.2. The van der Waals surface area contributed by atoms with Crippen molar-refractivity contribution in [2.24, 2.45) is 0 Å². The third-order valence-electron chi connectivity index (χ3n) is 4.92. The zero-order valence-corrected chi connectivity index (χ0v) is 16.7. The van der Waals surface area contributed by atoms with Crippen molar-refractivity contribution < 1.29 is 17.6 Å². The molecule has 2 aromatic carbocycles. The maximum atomic E-state index is 12.7. The van der Waals surface area contributed by atoms with E-state index in [1.54, 1.807) is 30.3 Å². The molecule has 0 atom stereocenters. The van der Waals surface area contributed by atoms with Crippen molar-refractivity contribution in [3.63, 3.8) is 0 Å². The molecule has 150 valence electrons. The Morgan fingerprint density at radius 1 is 0.931 bits per heavy atom. The molecule has 0 bridgehead atoms. The molecule has 3 aromatic rings. The highest BCUT2D eigenvalue weighted by molar-refractivity contribution is 7.90. The predicted octanol–water partition coefficient (Wildman–Crippen LogP) is 4.11. The van der Waals surface area contributed by atoms with Crippen LogP contribution in [0.25, 0.3) is 0 Å². The number of benzene rings is 2. The molecule has 6 nitrogen and oxygen atoms in total. The van der Waals surface area contributed by atoms with Crippen molar-refractivity contribution in [3.05, 3.63) is 78.3 Å². The quantitative estimate of drug-likeness (QED) is 0.662. The van der Waals surface area contributed by atoms with E-state index in [4.69, 9.17) is 4.42 Å². The first-order valence-electron chi connectivity index (χ1n) is 9.55. The lowest BCUT2D eigenvalue weighted by atomic mass is 10.2. The third kappa shape index (κ3) is 4.35.